The fraction of sp³-hybridized carbons (Fsp3) is 0.400. The Balaban J connectivity index is 1.36. The Kier molecular flexibility index (Phi) is 7.70. The predicted molar refractivity (Wildman–Crippen MR) is 152 cm³/mol. The molecule has 3 aromatic rings. The lowest BCUT2D eigenvalue weighted by atomic mass is 10.0. The van der Waals surface area contributed by atoms with Crippen LogP contribution in [-0.4, -0.2) is 54.4 Å². The van der Waals surface area contributed by atoms with E-state index in [9.17, 15) is 14.0 Å². The van der Waals surface area contributed by atoms with Crippen molar-refractivity contribution in [1.82, 2.24) is 9.97 Å². The van der Waals surface area contributed by atoms with Gasteiger partial charge in [0.1, 0.15) is 29.5 Å². The second-order valence-electron chi connectivity index (χ2n) is 11.1. The summed E-state index contributed by atoms with van der Waals surface area (Å²) in [4.78, 5) is 37.7. The van der Waals surface area contributed by atoms with Crippen molar-refractivity contribution in [2.45, 2.75) is 52.7 Å². The van der Waals surface area contributed by atoms with Gasteiger partial charge in [-0.2, -0.15) is 0 Å². The number of carbonyl (C=O) groups is 2. The lowest BCUT2D eigenvalue weighted by molar-refractivity contribution is -0.139. The second-order valence-corrected chi connectivity index (χ2v) is 11.1. The maximum Gasteiger partial charge on any atom is 0.415 e. The van der Waals surface area contributed by atoms with E-state index in [1.807, 2.05) is 39.8 Å². The molecule has 0 saturated carbocycles. The number of benzene rings is 1. The average molecular weight is 564 g/mol. The van der Waals surface area contributed by atoms with Gasteiger partial charge in [-0.15, -0.1) is 0 Å². The minimum Gasteiger partial charge on any atom is -0.474 e. The van der Waals surface area contributed by atoms with E-state index in [0.29, 0.717) is 42.8 Å². The van der Waals surface area contributed by atoms with E-state index in [1.54, 1.807) is 23.2 Å². The van der Waals surface area contributed by atoms with Gasteiger partial charge in [-0.3, -0.25) is 9.69 Å². The van der Waals surface area contributed by atoms with E-state index in [1.165, 1.54) is 13.2 Å². The number of rotatable bonds is 5. The van der Waals surface area contributed by atoms with Crippen molar-refractivity contribution in [2.75, 3.05) is 41.9 Å². The largest absolute Gasteiger partial charge is 0.474 e. The molecule has 1 aromatic carbocycles. The Bertz CT molecular complexity index is 1490. The first-order chi connectivity index (χ1) is 19.5. The SMILES string of the molecule is COC(=O)Cc1ccc(Nc2ccc3c(n2)CN(c2cnc4c(c2C)N(C(=O)OC(C)(C)C)CCO4)CC3)cc1F. The highest BCUT2D eigenvalue weighted by atomic mass is 19.1. The first kappa shape index (κ1) is 28.1. The molecule has 11 heteroatoms. The minimum atomic E-state index is -0.626. The molecule has 5 rings (SSSR count). The lowest BCUT2D eigenvalue weighted by Crippen LogP contribution is -2.42. The Morgan fingerprint density at radius 3 is 2.71 bits per heavy atom. The van der Waals surface area contributed by atoms with Crippen LogP contribution in [0.25, 0.3) is 0 Å². The predicted octanol–water partition coefficient (Wildman–Crippen LogP) is 5.08. The summed E-state index contributed by atoms with van der Waals surface area (Å²) in [6.45, 7) is 9.48. The number of methoxy groups -OCH3 is 1. The number of carbonyl (C=O) groups excluding carboxylic acids is 2. The summed E-state index contributed by atoms with van der Waals surface area (Å²) in [5.74, 6) is -0.00463. The van der Waals surface area contributed by atoms with Crippen molar-refractivity contribution in [3.05, 3.63) is 64.7 Å². The smallest absolute Gasteiger partial charge is 0.415 e. The molecule has 216 valence electrons. The highest BCUT2D eigenvalue weighted by molar-refractivity contribution is 5.92. The van der Waals surface area contributed by atoms with Gasteiger partial charge in [0.05, 0.1) is 44.2 Å². The van der Waals surface area contributed by atoms with Gasteiger partial charge in [-0.1, -0.05) is 12.1 Å². The molecule has 0 spiro atoms. The third kappa shape index (κ3) is 6.18. The van der Waals surface area contributed by atoms with Crippen molar-refractivity contribution in [3.63, 3.8) is 0 Å². The molecule has 0 radical (unpaired) electrons. The third-order valence-electron chi connectivity index (χ3n) is 6.97. The summed E-state index contributed by atoms with van der Waals surface area (Å²) < 4.78 is 30.6. The average Bonchev–Trinajstić information content (AvgIpc) is 2.93. The molecule has 2 aliphatic heterocycles. The molecule has 1 N–H and O–H groups in total. The number of anilines is 4. The molecule has 0 atom stereocenters. The van der Waals surface area contributed by atoms with Gasteiger partial charge in [0, 0.05) is 17.8 Å². The normalized spacial score (nSPS) is 14.5. The molecule has 0 aliphatic carbocycles. The van der Waals surface area contributed by atoms with Crippen molar-refractivity contribution < 1.29 is 28.2 Å². The van der Waals surface area contributed by atoms with E-state index >= 15 is 0 Å². The van der Waals surface area contributed by atoms with Crippen molar-refractivity contribution in [3.8, 4) is 5.88 Å². The van der Waals surface area contributed by atoms with Crippen LogP contribution in [0.15, 0.2) is 36.5 Å². The molecule has 0 bridgehead atoms. The number of pyridine rings is 2. The second kappa shape index (κ2) is 11.2. The number of hydrogen-bond acceptors (Lipinski definition) is 9. The molecule has 2 aliphatic rings. The zero-order valence-corrected chi connectivity index (χ0v) is 23.9. The molecule has 0 saturated heterocycles. The summed E-state index contributed by atoms with van der Waals surface area (Å²) in [7, 11) is 1.27. The Labute approximate surface area is 238 Å². The summed E-state index contributed by atoms with van der Waals surface area (Å²) in [6, 6.07) is 8.50. The van der Waals surface area contributed by atoms with Gasteiger partial charge in [0.2, 0.25) is 5.88 Å². The van der Waals surface area contributed by atoms with Gasteiger partial charge in [-0.05, 0) is 63.4 Å². The number of nitrogens with zero attached hydrogens (tertiary/aromatic N) is 4. The first-order valence-electron chi connectivity index (χ1n) is 13.5. The number of halogens is 1. The first-order valence-corrected chi connectivity index (χ1v) is 13.5. The number of fused-ring (bicyclic) bond motifs is 2. The van der Waals surface area contributed by atoms with E-state index in [-0.39, 0.29) is 12.0 Å². The monoisotopic (exact) mass is 563 g/mol. The Morgan fingerprint density at radius 1 is 1.17 bits per heavy atom. The van der Waals surface area contributed by atoms with Crippen LogP contribution in [-0.2, 0) is 33.7 Å². The fourth-order valence-electron chi connectivity index (χ4n) is 4.98. The molecule has 0 fully saturated rings. The Hall–Kier alpha value is -4.41. The van der Waals surface area contributed by atoms with Crippen LogP contribution in [0.1, 0.15) is 43.2 Å². The van der Waals surface area contributed by atoms with Crippen LogP contribution in [0.5, 0.6) is 5.88 Å². The van der Waals surface area contributed by atoms with E-state index in [0.717, 1.165) is 35.5 Å². The summed E-state index contributed by atoms with van der Waals surface area (Å²) in [5, 5.41) is 3.16. The van der Waals surface area contributed by atoms with Crippen LogP contribution in [0.3, 0.4) is 0 Å². The van der Waals surface area contributed by atoms with Crippen LogP contribution in [0.4, 0.5) is 32.1 Å². The number of hydrogen-bond donors (Lipinski definition) is 1. The number of amides is 1. The van der Waals surface area contributed by atoms with Gasteiger partial charge >= 0.3 is 12.1 Å². The van der Waals surface area contributed by atoms with E-state index in [4.69, 9.17) is 14.5 Å². The maximum atomic E-state index is 14.6. The summed E-state index contributed by atoms with van der Waals surface area (Å²) in [5.41, 5.74) is 4.57. The summed E-state index contributed by atoms with van der Waals surface area (Å²) in [6.07, 6.45) is 2.00. The zero-order valence-electron chi connectivity index (χ0n) is 23.9. The zero-order chi connectivity index (χ0) is 29.3. The Morgan fingerprint density at radius 2 is 1.98 bits per heavy atom. The fourth-order valence-corrected chi connectivity index (χ4v) is 4.98. The molecular formula is C30H34FN5O5. The van der Waals surface area contributed by atoms with Gasteiger partial charge in [-0.25, -0.2) is 19.2 Å². The minimum absolute atomic E-state index is 0.131. The third-order valence-corrected chi connectivity index (χ3v) is 6.97. The topological polar surface area (TPSA) is 106 Å². The number of aromatic nitrogens is 2. The van der Waals surface area contributed by atoms with E-state index < -0.39 is 23.5 Å². The van der Waals surface area contributed by atoms with Gasteiger partial charge in [0.15, 0.2) is 0 Å². The summed E-state index contributed by atoms with van der Waals surface area (Å²) >= 11 is 0. The molecule has 0 unspecified atom stereocenters. The molecule has 2 aromatic heterocycles. The van der Waals surface area contributed by atoms with Crippen molar-refractivity contribution >= 4 is 34.9 Å². The molecule has 41 heavy (non-hydrogen) atoms. The van der Waals surface area contributed by atoms with Crippen LogP contribution < -0.4 is 19.9 Å². The van der Waals surface area contributed by atoms with Crippen molar-refractivity contribution in [1.29, 1.82) is 0 Å². The lowest BCUT2D eigenvalue weighted by Gasteiger charge is -2.35. The van der Waals surface area contributed by atoms with Crippen LogP contribution in [0, 0.1) is 12.7 Å². The van der Waals surface area contributed by atoms with Crippen LogP contribution in [0.2, 0.25) is 0 Å². The van der Waals surface area contributed by atoms with Crippen molar-refractivity contribution in [2.24, 2.45) is 0 Å². The maximum absolute atomic E-state index is 14.6. The molecule has 10 nitrogen and oxygen atoms in total. The van der Waals surface area contributed by atoms with E-state index in [2.05, 4.69) is 19.9 Å². The van der Waals surface area contributed by atoms with Crippen LogP contribution >= 0.6 is 0 Å². The highest BCUT2D eigenvalue weighted by Crippen LogP contribution is 2.40. The van der Waals surface area contributed by atoms with Gasteiger partial charge < -0.3 is 24.4 Å². The highest BCUT2D eigenvalue weighted by Gasteiger charge is 2.32. The molecular weight excluding hydrogens is 529 g/mol. The number of ether oxygens (including phenoxy) is 3. The quantitative estimate of drug-likeness (QED) is 0.426. The molecule has 4 heterocycles. The number of nitrogens with one attached hydrogen (secondary N) is 1. The number of esters is 1. The molecule has 1 amide bonds. The van der Waals surface area contributed by atoms with Gasteiger partial charge in [0.25, 0.3) is 0 Å². The standard InChI is InChI=1S/C30H34FN5O5/c1-18-24(16-32-28-27(18)36(12-13-40-28)29(38)41-30(2,3)4)35-11-10-19-7-9-25(34-23(19)17-35)33-21-8-6-20(22(31)15-21)14-26(37)39-5/h6-9,15-16H,10-14,17H2,1-5H3,(H,33,34).